The number of para-hydroxylation sites is 1. The summed E-state index contributed by atoms with van der Waals surface area (Å²) in [6.45, 7) is 9.79. The van der Waals surface area contributed by atoms with Crippen molar-refractivity contribution in [3.05, 3.63) is 54.2 Å². The van der Waals surface area contributed by atoms with Crippen LogP contribution in [0.4, 0.5) is 0 Å². The molecule has 0 amide bonds. The van der Waals surface area contributed by atoms with Crippen molar-refractivity contribution in [3.8, 4) is 5.75 Å². The Balaban J connectivity index is 1.95. The predicted molar refractivity (Wildman–Crippen MR) is 118 cm³/mol. The third-order valence-corrected chi connectivity index (χ3v) is 7.77. The summed E-state index contributed by atoms with van der Waals surface area (Å²) in [7, 11) is -3.02. The molecule has 158 valence electrons. The van der Waals surface area contributed by atoms with E-state index in [-0.39, 0.29) is 4.90 Å². The minimum Gasteiger partial charge on any atom is -0.495 e. The molecule has 0 radical (unpaired) electrons. The largest absolute Gasteiger partial charge is 0.497 e. The van der Waals surface area contributed by atoms with Gasteiger partial charge in [0.2, 0.25) is 0 Å². The predicted octanol–water partition coefficient (Wildman–Crippen LogP) is 3.49. The summed E-state index contributed by atoms with van der Waals surface area (Å²) >= 11 is 0. The number of aryl methyl sites for hydroxylation is 1. The molecular formula is C22H26BNO5S. The van der Waals surface area contributed by atoms with Crippen molar-refractivity contribution >= 4 is 33.5 Å². The minimum atomic E-state index is -3.86. The number of rotatable bonds is 4. The molecule has 2 heterocycles. The highest BCUT2D eigenvalue weighted by Crippen LogP contribution is 2.38. The van der Waals surface area contributed by atoms with Crippen molar-refractivity contribution in [1.29, 1.82) is 0 Å². The topological polar surface area (TPSA) is 66.8 Å². The van der Waals surface area contributed by atoms with Crippen molar-refractivity contribution in [2.24, 2.45) is 0 Å². The number of aromatic nitrogens is 1. The Labute approximate surface area is 177 Å². The Morgan fingerprint density at radius 2 is 1.57 bits per heavy atom. The molecule has 8 heteroatoms. The van der Waals surface area contributed by atoms with Gasteiger partial charge in [-0.15, -0.1) is 0 Å². The van der Waals surface area contributed by atoms with Crippen LogP contribution in [0, 0.1) is 6.92 Å². The first kappa shape index (κ1) is 21.0. The second kappa shape index (κ2) is 6.87. The van der Waals surface area contributed by atoms with Crippen LogP contribution in [0.2, 0.25) is 0 Å². The average molecular weight is 427 g/mol. The molecule has 0 bridgehead atoms. The van der Waals surface area contributed by atoms with Gasteiger partial charge in [-0.1, -0.05) is 29.8 Å². The highest BCUT2D eigenvalue weighted by Gasteiger charge is 2.52. The van der Waals surface area contributed by atoms with Gasteiger partial charge >= 0.3 is 7.12 Å². The first-order valence-electron chi connectivity index (χ1n) is 9.84. The normalized spacial score (nSPS) is 18.1. The van der Waals surface area contributed by atoms with E-state index >= 15 is 0 Å². The Hall–Kier alpha value is -2.29. The van der Waals surface area contributed by atoms with E-state index in [1.807, 2.05) is 46.8 Å². The molecule has 4 rings (SSSR count). The van der Waals surface area contributed by atoms with Crippen LogP contribution in [-0.4, -0.2) is 37.8 Å². The maximum absolute atomic E-state index is 13.5. The number of methoxy groups -OCH3 is 1. The summed E-state index contributed by atoms with van der Waals surface area (Å²) in [4.78, 5) is 0.205. The molecule has 1 aliphatic heterocycles. The van der Waals surface area contributed by atoms with Crippen LogP contribution in [0.5, 0.6) is 5.75 Å². The van der Waals surface area contributed by atoms with Crippen molar-refractivity contribution in [1.82, 2.24) is 3.97 Å². The lowest BCUT2D eigenvalue weighted by atomic mass is 9.79. The fourth-order valence-electron chi connectivity index (χ4n) is 3.58. The minimum absolute atomic E-state index is 0.205. The van der Waals surface area contributed by atoms with Crippen LogP contribution in [0.3, 0.4) is 0 Å². The molecule has 1 aromatic heterocycles. The zero-order chi connectivity index (χ0) is 21.9. The molecule has 6 nitrogen and oxygen atoms in total. The van der Waals surface area contributed by atoms with Gasteiger partial charge in [0, 0.05) is 17.0 Å². The van der Waals surface area contributed by atoms with E-state index < -0.39 is 28.3 Å². The summed E-state index contributed by atoms with van der Waals surface area (Å²) in [6, 6.07) is 12.2. The molecule has 0 unspecified atom stereocenters. The van der Waals surface area contributed by atoms with Crippen LogP contribution < -0.4 is 10.2 Å². The van der Waals surface area contributed by atoms with Gasteiger partial charge in [-0.2, -0.15) is 0 Å². The molecule has 2 aromatic carbocycles. The molecule has 30 heavy (non-hydrogen) atoms. The molecule has 1 aliphatic rings. The Bertz CT molecular complexity index is 1200. The highest BCUT2D eigenvalue weighted by molar-refractivity contribution is 7.90. The Morgan fingerprint density at radius 3 is 2.13 bits per heavy atom. The number of hydrogen-bond acceptors (Lipinski definition) is 5. The summed E-state index contributed by atoms with van der Waals surface area (Å²) in [5.41, 5.74) is 1.02. The third kappa shape index (κ3) is 3.14. The molecule has 0 saturated carbocycles. The van der Waals surface area contributed by atoms with Gasteiger partial charge in [0.15, 0.2) is 0 Å². The lowest BCUT2D eigenvalue weighted by Gasteiger charge is -2.32. The van der Waals surface area contributed by atoms with Crippen molar-refractivity contribution < 1.29 is 22.5 Å². The standard InChI is InChI=1S/C22H26BNO5S/c1-15-10-12-16(13-11-15)30(25,26)24-14-18(17-8-7-9-19(27-6)20(17)24)23-28-21(2,3)22(4,5)29-23/h7-14H,1-6H3. The number of benzene rings is 2. The maximum atomic E-state index is 13.5. The van der Waals surface area contributed by atoms with Gasteiger partial charge in [0.05, 0.1) is 23.2 Å². The van der Waals surface area contributed by atoms with Gasteiger partial charge in [0.25, 0.3) is 10.0 Å². The van der Waals surface area contributed by atoms with Gasteiger partial charge in [-0.05, 0) is 52.8 Å². The van der Waals surface area contributed by atoms with Gasteiger partial charge in [0.1, 0.15) is 11.3 Å². The summed E-state index contributed by atoms with van der Waals surface area (Å²) in [6.07, 6.45) is 1.59. The SMILES string of the molecule is COc1cccc2c(B3OC(C)(C)C(C)(C)O3)cn(S(=O)(=O)c3ccc(C)cc3)c12. The van der Waals surface area contributed by atoms with Crippen molar-refractivity contribution in [2.45, 2.75) is 50.7 Å². The molecule has 1 fully saturated rings. The number of ether oxygens (including phenoxy) is 1. The number of hydrogen-bond donors (Lipinski definition) is 0. The van der Waals surface area contributed by atoms with Crippen LogP contribution in [0.25, 0.3) is 10.9 Å². The van der Waals surface area contributed by atoms with Crippen LogP contribution >= 0.6 is 0 Å². The second-order valence-electron chi connectivity index (χ2n) is 8.64. The average Bonchev–Trinajstić information content (AvgIpc) is 3.17. The highest BCUT2D eigenvalue weighted by atomic mass is 32.2. The summed E-state index contributed by atoms with van der Waals surface area (Å²) in [5.74, 6) is 0.464. The van der Waals surface area contributed by atoms with E-state index in [2.05, 4.69) is 0 Å². The van der Waals surface area contributed by atoms with Crippen molar-refractivity contribution in [3.63, 3.8) is 0 Å². The molecule has 0 atom stereocenters. The third-order valence-electron chi connectivity index (χ3n) is 6.09. The van der Waals surface area contributed by atoms with Gasteiger partial charge < -0.3 is 14.0 Å². The monoisotopic (exact) mass is 427 g/mol. The molecule has 1 saturated heterocycles. The van der Waals surface area contributed by atoms with E-state index in [0.29, 0.717) is 22.1 Å². The summed E-state index contributed by atoms with van der Waals surface area (Å²) < 4.78 is 46.3. The lowest BCUT2D eigenvalue weighted by Crippen LogP contribution is -2.41. The first-order valence-corrected chi connectivity index (χ1v) is 11.3. The van der Waals surface area contributed by atoms with E-state index in [1.54, 1.807) is 36.5 Å². The van der Waals surface area contributed by atoms with Gasteiger partial charge in [-0.3, -0.25) is 0 Å². The maximum Gasteiger partial charge on any atom is 0.497 e. The Kier molecular flexibility index (Phi) is 4.80. The number of nitrogens with zero attached hydrogens (tertiary/aromatic N) is 1. The fourth-order valence-corrected chi connectivity index (χ4v) is 4.97. The molecule has 0 N–H and O–H groups in total. The zero-order valence-electron chi connectivity index (χ0n) is 18.1. The van der Waals surface area contributed by atoms with E-state index in [4.69, 9.17) is 14.0 Å². The van der Waals surface area contributed by atoms with Crippen LogP contribution in [-0.2, 0) is 19.3 Å². The van der Waals surface area contributed by atoms with E-state index in [1.165, 1.54) is 11.1 Å². The Morgan fingerprint density at radius 1 is 0.967 bits per heavy atom. The van der Waals surface area contributed by atoms with Crippen molar-refractivity contribution in [2.75, 3.05) is 7.11 Å². The first-order chi connectivity index (χ1) is 14.0. The smallest absolute Gasteiger partial charge is 0.495 e. The quantitative estimate of drug-likeness (QED) is 0.597. The van der Waals surface area contributed by atoms with Crippen LogP contribution in [0.15, 0.2) is 53.6 Å². The number of fused-ring (bicyclic) bond motifs is 1. The van der Waals surface area contributed by atoms with E-state index in [0.717, 1.165) is 5.56 Å². The lowest BCUT2D eigenvalue weighted by molar-refractivity contribution is 0.00578. The molecule has 0 aliphatic carbocycles. The van der Waals surface area contributed by atoms with Gasteiger partial charge in [-0.25, -0.2) is 12.4 Å². The molecule has 3 aromatic rings. The summed E-state index contributed by atoms with van der Waals surface area (Å²) in [5, 5.41) is 0.712. The molecular weight excluding hydrogens is 401 g/mol. The zero-order valence-corrected chi connectivity index (χ0v) is 18.9. The molecule has 0 spiro atoms. The fraction of sp³-hybridized carbons (Fsp3) is 0.364. The van der Waals surface area contributed by atoms with E-state index in [9.17, 15) is 8.42 Å². The van der Waals surface area contributed by atoms with Crippen LogP contribution in [0.1, 0.15) is 33.3 Å². The second-order valence-corrected chi connectivity index (χ2v) is 10.5.